The largest absolute Gasteiger partial charge is 0.372 e. The molecule has 1 aromatic heterocycles. The molecule has 1 amide bonds. The summed E-state index contributed by atoms with van der Waals surface area (Å²) in [6, 6.07) is 10.2. The number of aryl methyl sites for hydroxylation is 2. The normalized spacial score (nSPS) is 14.5. The maximum atomic E-state index is 11.9. The average molecular weight is 384 g/mol. The molecule has 0 aliphatic carbocycles. The molecule has 1 aliphatic rings. The molecule has 1 fully saturated rings. The number of aromatic nitrogens is 2. The number of thioether (sulfide) groups is 1. The zero-order valence-electron chi connectivity index (χ0n) is 15.8. The van der Waals surface area contributed by atoms with Crippen molar-refractivity contribution in [3.63, 3.8) is 0 Å². The lowest BCUT2D eigenvalue weighted by molar-refractivity contribution is -0.118. The minimum absolute atomic E-state index is 0.177. The Morgan fingerprint density at radius 3 is 2.48 bits per heavy atom. The highest BCUT2D eigenvalue weighted by molar-refractivity contribution is 7.99. The number of carbonyl (C=O) groups is 1. The van der Waals surface area contributed by atoms with Gasteiger partial charge in [-0.1, -0.05) is 23.9 Å². The van der Waals surface area contributed by atoms with Gasteiger partial charge in [0.1, 0.15) is 0 Å². The van der Waals surface area contributed by atoms with E-state index in [1.165, 1.54) is 36.7 Å². The third kappa shape index (κ3) is 6.06. The summed E-state index contributed by atoms with van der Waals surface area (Å²) in [7, 11) is 0. The van der Waals surface area contributed by atoms with Crippen LogP contribution < -0.4 is 10.3 Å². The Labute approximate surface area is 164 Å². The van der Waals surface area contributed by atoms with E-state index in [2.05, 4.69) is 37.5 Å². The second-order valence-electron chi connectivity index (χ2n) is 6.65. The summed E-state index contributed by atoms with van der Waals surface area (Å²) in [5.41, 5.74) is 6.56. The average Bonchev–Trinajstić information content (AvgIpc) is 2.67. The quantitative estimate of drug-likeness (QED) is 0.359. The van der Waals surface area contributed by atoms with Crippen molar-refractivity contribution in [1.82, 2.24) is 15.4 Å². The van der Waals surface area contributed by atoms with Gasteiger partial charge >= 0.3 is 0 Å². The second kappa shape index (κ2) is 9.50. The van der Waals surface area contributed by atoms with E-state index >= 15 is 0 Å². The van der Waals surface area contributed by atoms with E-state index < -0.39 is 0 Å². The van der Waals surface area contributed by atoms with Crippen LogP contribution in [0.25, 0.3) is 0 Å². The first-order chi connectivity index (χ1) is 13.1. The third-order valence-corrected chi connectivity index (χ3v) is 5.16. The topological polar surface area (TPSA) is 70.5 Å². The molecule has 6 nitrogen and oxygen atoms in total. The number of nitrogens with one attached hydrogen (secondary N) is 1. The van der Waals surface area contributed by atoms with E-state index in [-0.39, 0.29) is 11.7 Å². The molecule has 1 aromatic carbocycles. The van der Waals surface area contributed by atoms with E-state index in [0.29, 0.717) is 5.16 Å². The second-order valence-corrected chi connectivity index (χ2v) is 7.60. The molecule has 2 heterocycles. The van der Waals surface area contributed by atoms with Crippen LogP contribution in [0.15, 0.2) is 40.6 Å². The fraction of sp³-hybridized carbons (Fsp3) is 0.400. The number of nitrogens with zero attached hydrogens (tertiary/aromatic N) is 4. The summed E-state index contributed by atoms with van der Waals surface area (Å²) in [5, 5.41) is 4.65. The number of anilines is 1. The van der Waals surface area contributed by atoms with Crippen molar-refractivity contribution in [1.29, 1.82) is 0 Å². The Morgan fingerprint density at radius 1 is 1.15 bits per heavy atom. The third-order valence-electron chi connectivity index (χ3n) is 4.31. The van der Waals surface area contributed by atoms with Crippen LogP contribution in [0.3, 0.4) is 0 Å². The van der Waals surface area contributed by atoms with Crippen LogP contribution in [0.4, 0.5) is 5.69 Å². The molecule has 0 radical (unpaired) electrons. The van der Waals surface area contributed by atoms with Gasteiger partial charge in [0.25, 0.3) is 5.91 Å². The number of benzene rings is 1. The maximum absolute atomic E-state index is 11.9. The number of piperidine rings is 1. The number of hydrogen-bond acceptors (Lipinski definition) is 6. The van der Waals surface area contributed by atoms with Gasteiger partial charge in [0.2, 0.25) is 0 Å². The first kappa shape index (κ1) is 19.4. The van der Waals surface area contributed by atoms with Gasteiger partial charge in [-0.25, -0.2) is 15.4 Å². The molecule has 1 saturated heterocycles. The summed E-state index contributed by atoms with van der Waals surface area (Å²) in [6.07, 6.45) is 5.52. The number of carbonyl (C=O) groups excluding carboxylic acids is 1. The van der Waals surface area contributed by atoms with Crippen LogP contribution in [-0.2, 0) is 4.79 Å². The van der Waals surface area contributed by atoms with Gasteiger partial charge in [-0.3, -0.25) is 4.79 Å². The van der Waals surface area contributed by atoms with Crippen molar-refractivity contribution in [2.75, 3.05) is 23.7 Å². The van der Waals surface area contributed by atoms with Crippen LogP contribution in [0.5, 0.6) is 0 Å². The summed E-state index contributed by atoms with van der Waals surface area (Å²) in [5.74, 6) is 0.0534. The summed E-state index contributed by atoms with van der Waals surface area (Å²) in [4.78, 5) is 23.0. The van der Waals surface area contributed by atoms with Crippen molar-refractivity contribution >= 4 is 29.6 Å². The number of amides is 1. The lowest BCUT2D eigenvalue weighted by atomic mass is 10.1. The maximum Gasteiger partial charge on any atom is 0.250 e. The first-order valence-corrected chi connectivity index (χ1v) is 10.2. The molecule has 0 saturated carbocycles. The zero-order valence-corrected chi connectivity index (χ0v) is 16.6. The monoisotopic (exact) mass is 383 g/mol. The Balaban J connectivity index is 1.46. The highest BCUT2D eigenvalue weighted by atomic mass is 32.2. The van der Waals surface area contributed by atoms with Gasteiger partial charge in [-0.05, 0) is 56.9 Å². The molecule has 1 N–H and O–H groups in total. The Bertz CT molecular complexity index is 780. The Kier molecular flexibility index (Phi) is 6.81. The number of hydrazone groups is 1. The minimum Gasteiger partial charge on any atom is -0.372 e. The molecule has 0 atom stereocenters. The SMILES string of the molecule is Cc1cc(C)nc(SCC(=O)N/N=C\c2ccc(N3CCCCC3)cc2)n1. The molecule has 1 aliphatic heterocycles. The first-order valence-electron chi connectivity index (χ1n) is 9.22. The molecule has 3 rings (SSSR count). The van der Waals surface area contributed by atoms with Gasteiger partial charge in [0.05, 0.1) is 12.0 Å². The Morgan fingerprint density at radius 2 is 1.81 bits per heavy atom. The highest BCUT2D eigenvalue weighted by Crippen LogP contribution is 2.19. The molecule has 27 heavy (non-hydrogen) atoms. The van der Waals surface area contributed by atoms with Gasteiger partial charge in [0.15, 0.2) is 5.16 Å². The van der Waals surface area contributed by atoms with Crippen molar-refractivity contribution < 1.29 is 4.79 Å². The van der Waals surface area contributed by atoms with Crippen LogP contribution in [0.2, 0.25) is 0 Å². The van der Waals surface area contributed by atoms with Crippen molar-refractivity contribution in [3.8, 4) is 0 Å². The molecular formula is C20H25N5OS. The summed E-state index contributed by atoms with van der Waals surface area (Å²) < 4.78 is 0. The van der Waals surface area contributed by atoms with Crippen molar-refractivity contribution in [2.45, 2.75) is 38.3 Å². The van der Waals surface area contributed by atoms with E-state index in [9.17, 15) is 4.79 Å². The summed E-state index contributed by atoms with van der Waals surface area (Å²) in [6.45, 7) is 6.09. The predicted octanol–water partition coefficient (Wildman–Crippen LogP) is 3.33. The van der Waals surface area contributed by atoms with Gasteiger partial charge in [-0.15, -0.1) is 0 Å². The van der Waals surface area contributed by atoms with Crippen molar-refractivity contribution in [2.24, 2.45) is 5.10 Å². The van der Waals surface area contributed by atoms with Crippen LogP contribution in [0.1, 0.15) is 36.2 Å². The van der Waals surface area contributed by atoms with Crippen LogP contribution in [-0.4, -0.2) is 40.9 Å². The standard InChI is InChI=1S/C20H25N5OS/c1-15-12-16(2)23-20(22-15)27-14-19(26)24-21-13-17-6-8-18(9-7-17)25-10-4-3-5-11-25/h6-9,12-13H,3-5,10-11,14H2,1-2H3,(H,24,26)/b21-13-. The number of rotatable bonds is 6. The molecule has 7 heteroatoms. The van der Waals surface area contributed by atoms with Crippen molar-refractivity contribution in [3.05, 3.63) is 47.3 Å². The number of hydrogen-bond donors (Lipinski definition) is 1. The smallest absolute Gasteiger partial charge is 0.250 e. The molecule has 0 spiro atoms. The van der Waals surface area contributed by atoms with E-state index in [4.69, 9.17) is 0 Å². The lowest BCUT2D eigenvalue weighted by Crippen LogP contribution is -2.29. The fourth-order valence-corrected chi connectivity index (χ4v) is 3.76. The predicted molar refractivity (Wildman–Crippen MR) is 110 cm³/mol. The molecule has 142 valence electrons. The molecule has 0 unspecified atom stereocenters. The van der Waals surface area contributed by atoms with Gasteiger partial charge in [0, 0.05) is 30.2 Å². The minimum atomic E-state index is -0.177. The highest BCUT2D eigenvalue weighted by Gasteiger charge is 2.10. The van der Waals surface area contributed by atoms with E-state index in [0.717, 1.165) is 30.0 Å². The molecule has 2 aromatic rings. The molecule has 0 bridgehead atoms. The van der Waals surface area contributed by atoms with E-state index in [1.54, 1.807) is 6.21 Å². The van der Waals surface area contributed by atoms with Crippen LogP contribution in [0, 0.1) is 13.8 Å². The Hall–Kier alpha value is -2.41. The lowest BCUT2D eigenvalue weighted by Gasteiger charge is -2.28. The van der Waals surface area contributed by atoms with Gasteiger partial charge < -0.3 is 4.90 Å². The van der Waals surface area contributed by atoms with Gasteiger partial charge in [-0.2, -0.15) is 5.10 Å². The van der Waals surface area contributed by atoms with E-state index in [1.807, 2.05) is 32.0 Å². The zero-order chi connectivity index (χ0) is 19.1. The van der Waals surface area contributed by atoms with Crippen LogP contribution >= 0.6 is 11.8 Å². The molecular weight excluding hydrogens is 358 g/mol. The summed E-state index contributed by atoms with van der Waals surface area (Å²) >= 11 is 1.31. The fourth-order valence-electron chi connectivity index (χ4n) is 3.02.